The fourth-order valence-electron chi connectivity index (χ4n) is 1.45. The Morgan fingerprint density at radius 2 is 1.93 bits per heavy atom. The summed E-state index contributed by atoms with van der Waals surface area (Å²) in [5.41, 5.74) is 1.25. The molecule has 0 saturated heterocycles. The molecule has 72 valence electrons. The van der Waals surface area contributed by atoms with Crippen molar-refractivity contribution in [3.05, 3.63) is 16.7 Å². The first kappa shape index (κ1) is 8.97. The molecule has 0 amide bonds. The molecule has 6 nitrogen and oxygen atoms in total. The smallest absolute Gasteiger partial charge is 0.161 e. The van der Waals surface area contributed by atoms with E-state index in [1.54, 1.807) is 6.92 Å². The van der Waals surface area contributed by atoms with Gasteiger partial charge in [-0.3, -0.25) is 5.10 Å². The van der Waals surface area contributed by atoms with Crippen LogP contribution in [0.5, 0.6) is 5.75 Å². The maximum Gasteiger partial charge on any atom is 0.161 e. The van der Waals surface area contributed by atoms with E-state index in [1.165, 1.54) is 0 Å². The third kappa shape index (κ3) is 1.02. The minimum absolute atomic E-state index is 0.0742. The summed E-state index contributed by atoms with van der Waals surface area (Å²) in [7, 11) is 0. The van der Waals surface area contributed by atoms with Gasteiger partial charge in [0.05, 0.1) is 5.56 Å². The van der Waals surface area contributed by atoms with Crippen LogP contribution in [0.4, 0.5) is 0 Å². The van der Waals surface area contributed by atoms with Crippen LogP contribution in [0.2, 0.25) is 0 Å². The summed E-state index contributed by atoms with van der Waals surface area (Å²) in [4.78, 5) is 0. The Kier molecular flexibility index (Phi) is 1.77. The Morgan fingerprint density at radius 1 is 1.27 bits per heavy atom. The van der Waals surface area contributed by atoms with Gasteiger partial charge in [-0.15, -0.1) is 5.10 Å². The van der Waals surface area contributed by atoms with Crippen molar-refractivity contribution in [2.24, 2.45) is 0 Å². The van der Waals surface area contributed by atoms with Crippen LogP contribution in [0, 0.1) is 29.6 Å². The van der Waals surface area contributed by atoms with Gasteiger partial charge in [0.25, 0.3) is 0 Å². The van der Waals surface area contributed by atoms with Crippen LogP contribution in [0.1, 0.15) is 16.7 Å². The van der Waals surface area contributed by atoms with Gasteiger partial charge < -0.3 is 5.11 Å². The molecule has 0 bridgehead atoms. The van der Waals surface area contributed by atoms with Crippen LogP contribution < -0.4 is 0 Å². The average molecular weight is 199 g/mol. The van der Waals surface area contributed by atoms with Crippen LogP contribution in [-0.4, -0.2) is 20.5 Å². The summed E-state index contributed by atoms with van der Waals surface area (Å²) < 4.78 is 0. The van der Waals surface area contributed by atoms with Gasteiger partial charge in [0.15, 0.2) is 5.75 Å². The fourth-order valence-corrected chi connectivity index (χ4v) is 1.45. The molecule has 0 spiro atoms. The molecule has 2 rings (SSSR count). The molecule has 0 atom stereocenters. The summed E-state index contributed by atoms with van der Waals surface area (Å²) in [5.74, 6) is -0.214. The maximum absolute atomic E-state index is 9.70. The standard InChI is InChI=1S/C9H5N5O/c1-4-5(2-10)7-8(13-14-12-7)9(15)6(4)3-11/h15H,1H3,(H,12,13,14). The van der Waals surface area contributed by atoms with E-state index in [1.807, 2.05) is 12.1 Å². The minimum atomic E-state index is -0.214. The quantitative estimate of drug-likeness (QED) is 0.649. The number of rotatable bonds is 0. The molecule has 0 aliphatic rings. The fraction of sp³-hybridized carbons (Fsp3) is 0.111. The van der Waals surface area contributed by atoms with E-state index in [2.05, 4.69) is 15.4 Å². The van der Waals surface area contributed by atoms with E-state index in [9.17, 15) is 5.11 Å². The second-order valence-electron chi connectivity index (χ2n) is 2.98. The van der Waals surface area contributed by atoms with Crippen molar-refractivity contribution in [2.75, 3.05) is 0 Å². The maximum atomic E-state index is 9.70. The third-order valence-corrected chi connectivity index (χ3v) is 2.23. The lowest BCUT2D eigenvalue weighted by Gasteiger charge is -2.03. The number of phenols is 1. The Hall–Kier alpha value is -2.60. The number of hydrogen-bond acceptors (Lipinski definition) is 5. The summed E-state index contributed by atoms with van der Waals surface area (Å²) >= 11 is 0. The average Bonchev–Trinajstić information content (AvgIpc) is 2.68. The van der Waals surface area contributed by atoms with E-state index < -0.39 is 0 Å². The molecule has 6 heteroatoms. The zero-order valence-corrected chi connectivity index (χ0v) is 7.74. The number of nitrogens with zero attached hydrogens (tertiary/aromatic N) is 4. The number of H-pyrrole nitrogens is 1. The number of phenolic OH excluding ortho intramolecular Hbond substituents is 1. The van der Waals surface area contributed by atoms with E-state index in [0.717, 1.165) is 0 Å². The molecule has 0 fully saturated rings. The normalized spacial score (nSPS) is 9.80. The lowest BCUT2D eigenvalue weighted by molar-refractivity contribution is 0.478. The van der Waals surface area contributed by atoms with Crippen LogP contribution in [0.15, 0.2) is 0 Å². The van der Waals surface area contributed by atoms with Crippen molar-refractivity contribution in [2.45, 2.75) is 6.92 Å². The number of aromatic nitrogens is 3. The van der Waals surface area contributed by atoms with Crippen molar-refractivity contribution >= 4 is 11.0 Å². The molecule has 0 aliphatic heterocycles. The van der Waals surface area contributed by atoms with Crippen molar-refractivity contribution in [1.29, 1.82) is 10.5 Å². The van der Waals surface area contributed by atoms with Crippen LogP contribution >= 0.6 is 0 Å². The van der Waals surface area contributed by atoms with Crippen LogP contribution in [0.3, 0.4) is 0 Å². The molecular weight excluding hydrogens is 194 g/mol. The van der Waals surface area contributed by atoms with E-state index >= 15 is 0 Å². The SMILES string of the molecule is Cc1c(C#N)c(O)c2[nH]nnc2c1C#N. The topological polar surface area (TPSA) is 109 Å². The van der Waals surface area contributed by atoms with Crippen LogP contribution in [0.25, 0.3) is 11.0 Å². The van der Waals surface area contributed by atoms with Gasteiger partial charge in [-0.2, -0.15) is 10.5 Å². The number of nitrogens with one attached hydrogen (secondary N) is 1. The molecule has 1 heterocycles. The molecule has 0 unspecified atom stereocenters. The highest BCUT2D eigenvalue weighted by molar-refractivity contribution is 5.89. The van der Waals surface area contributed by atoms with Gasteiger partial charge in [-0.1, -0.05) is 5.21 Å². The van der Waals surface area contributed by atoms with Gasteiger partial charge in [0, 0.05) is 0 Å². The second-order valence-corrected chi connectivity index (χ2v) is 2.98. The van der Waals surface area contributed by atoms with Gasteiger partial charge in [-0.25, -0.2) is 0 Å². The molecule has 1 aromatic carbocycles. The number of nitriles is 2. The number of hydrogen-bond donors (Lipinski definition) is 2. The number of benzene rings is 1. The molecule has 2 N–H and O–H groups in total. The highest BCUT2D eigenvalue weighted by atomic mass is 16.3. The predicted molar refractivity (Wildman–Crippen MR) is 49.7 cm³/mol. The Balaban J connectivity index is 3.07. The summed E-state index contributed by atoms with van der Waals surface area (Å²) in [6.45, 7) is 1.59. The highest BCUT2D eigenvalue weighted by Crippen LogP contribution is 2.31. The zero-order valence-electron chi connectivity index (χ0n) is 7.74. The van der Waals surface area contributed by atoms with Gasteiger partial charge in [0.2, 0.25) is 0 Å². The second kappa shape index (κ2) is 2.96. The Labute approximate surface area is 84.4 Å². The van der Waals surface area contributed by atoms with Crippen molar-refractivity contribution in [3.8, 4) is 17.9 Å². The Bertz CT molecular complexity index is 628. The summed E-state index contributed by atoms with van der Waals surface area (Å²) in [6.07, 6.45) is 0. The van der Waals surface area contributed by atoms with E-state index in [4.69, 9.17) is 10.5 Å². The van der Waals surface area contributed by atoms with E-state index in [0.29, 0.717) is 5.56 Å². The first-order valence-corrected chi connectivity index (χ1v) is 4.07. The monoisotopic (exact) mass is 199 g/mol. The van der Waals surface area contributed by atoms with Gasteiger partial charge in [-0.05, 0) is 12.5 Å². The lowest BCUT2D eigenvalue weighted by atomic mass is 10.0. The molecule has 0 saturated carbocycles. The summed E-state index contributed by atoms with van der Waals surface area (Å²) in [5, 5.41) is 37.1. The van der Waals surface area contributed by atoms with Gasteiger partial charge in [0.1, 0.15) is 28.7 Å². The molecule has 0 aliphatic carbocycles. The molecule has 0 radical (unpaired) electrons. The number of fused-ring (bicyclic) bond motifs is 1. The van der Waals surface area contributed by atoms with Crippen molar-refractivity contribution in [1.82, 2.24) is 15.4 Å². The minimum Gasteiger partial charge on any atom is -0.504 e. The molecule has 1 aromatic heterocycles. The van der Waals surface area contributed by atoms with Crippen molar-refractivity contribution in [3.63, 3.8) is 0 Å². The first-order valence-electron chi connectivity index (χ1n) is 4.07. The summed E-state index contributed by atoms with van der Waals surface area (Å²) in [6, 6.07) is 3.79. The number of aromatic amines is 1. The lowest BCUT2D eigenvalue weighted by Crippen LogP contribution is -1.92. The van der Waals surface area contributed by atoms with E-state index in [-0.39, 0.29) is 27.9 Å². The molecule has 2 aromatic rings. The largest absolute Gasteiger partial charge is 0.504 e. The van der Waals surface area contributed by atoms with Crippen molar-refractivity contribution < 1.29 is 5.11 Å². The van der Waals surface area contributed by atoms with Crippen LogP contribution in [-0.2, 0) is 0 Å². The predicted octanol–water partition coefficient (Wildman–Crippen LogP) is 0.715. The molecule has 15 heavy (non-hydrogen) atoms. The number of aromatic hydroxyl groups is 1. The van der Waals surface area contributed by atoms with Gasteiger partial charge >= 0.3 is 0 Å². The first-order chi connectivity index (χ1) is 7.20. The molecular formula is C9H5N5O. The highest BCUT2D eigenvalue weighted by Gasteiger charge is 2.18. The Morgan fingerprint density at radius 3 is 2.53 bits per heavy atom. The zero-order chi connectivity index (χ0) is 11.0. The third-order valence-electron chi connectivity index (χ3n) is 2.23.